The van der Waals surface area contributed by atoms with Crippen molar-refractivity contribution in [1.82, 2.24) is 15.1 Å². The Hall–Kier alpha value is -4.02. The number of urea groups is 1. The van der Waals surface area contributed by atoms with E-state index in [4.69, 9.17) is 14.6 Å². The first-order valence-corrected chi connectivity index (χ1v) is 10.1. The minimum absolute atomic E-state index is 0.0569. The van der Waals surface area contributed by atoms with E-state index >= 15 is 0 Å². The van der Waals surface area contributed by atoms with Crippen LogP contribution in [0.25, 0.3) is 11.1 Å². The van der Waals surface area contributed by atoms with Gasteiger partial charge in [-0.25, -0.2) is 9.59 Å². The van der Waals surface area contributed by atoms with Crippen LogP contribution in [0.4, 0.5) is 23.7 Å². The fraction of sp³-hybridized carbons (Fsp3) is 0.261. The Morgan fingerprint density at radius 3 is 2.29 bits per heavy atom. The molecule has 3 aromatic rings. The van der Waals surface area contributed by atoms with Crippen LogP contribution in [0.1, 0.15) is 19.4 Å². The van der Waals surface area contributed by atoms with E-state index in [9.17, 15) is 18.0 Å². The number of carbonyl (C=O) groups is 2. The highest BCUT2D eigenvalue weighted by Gasteiger charge is 2.38. The number of methoxy groups -OCH3 is 1. The molecule has 0 bridgehead atoms. The lowest BCUT2D eigenvalue weighted by Crippen LogP contribution is -2.39. The molecule has 0 unspecified atom stereocenters. The Balaban J connectivity index is 0.000000509. The molecule has 8 nitrogen and oxygen atoms in total. The Morgan fingerprint density at radius 1 is 1.15 bits per heavy atom. The molecule has 11 heteroatoms. The highest BCUT2D eigenvalue weighted by Crippen LogP contribution is 2.21. The van der Waals surface area contributed by atoms with Crippen molar-refractivity contribution < 1.29 is 32.6 Å². The zero-order valence-corrected chi connectivity index (χ0v) is 18.8. The first-order chi connectivity index (χ1) is 16.0. The van der Waals surface area contributed by atoms with Crippen LogP contribution in [-0.2, 0) is 11.3 Å². The van der Waals surface area contributed by atoms with Gasteiger partial charge < -0.3 is 20.1 Å². The molecule has 0 aliphatic carbocycles. The number of hydrogen-bond donors (Lipinski definition) is 3. The van der Waals surface area contributed by atoms with Gasteiger partial charge in [-0.1, -0.05) is 24.3 Å². The van der Waals surface area contributed by atoms with Crippen molar-refractivity contribution in [2.24, 2.45) is 0 Å². The number of ether oxygens (including phenoxy) is 1. The molecule has 0 saturated carbocycles. The van der Waals surface area contributed by atoms with Crippen LogP contribution in [0.15, 0.2) is 60.9 Å². The van der Waals surface area contributed by atoms with E-state index in [2.05, 4.69) is 15.5 Å². The van der Waals surface area contributed by atoms with Gasteiger partial charge in [-0.05, 0) is 49.2 Å². The highest BCUT2D eigenvalue weighted by atomic mass is 19.4. The number of carboxylic acids is 1. The third-order valence-corrected chi connectivity index (χ3v) is 4.58. The molecule has 34 heavy (non-hydrogen) atoms. The molecule has 182 valence electrons. The molecule has 2 aromatic carbocycles. The van der Waals surface area contributed by atoms with E-state index in [0.29, 0.717) is 6.54 Å². The number of amides is 2. The Morgan fingerprint density at radius 2 is 1.79 bits per heavy atom. The number of carboxylic acid groups (broad SMARTS) is 1. The third kappa shape index (κ3) is 7.84. The van der Waals surface area contributed by atoms with Gasteiger partial charge in [0.25, 0.3) is 0 Å². The van der Waals surface area contributed by atoms with E-state index in [1.807, 2.05) is 68.6 Å². The lowest BCUT2D eigenvalue weighted by molar-refractivity contribution is -0.192. The maximum absolute atomic E-state index is 12.8. The number of rotatable bonds is 6. The average Bonchev–Trinajstić information content (AvgIpc) is 3.32. The minimum Gasteiger partial charge on any atom is -0.497 e. The number of aliphatic carboxylic acids is 1. The summed E-state index contributed by atoms with van der Waals surface area (Å²) in [5, 5.41) is 16.9. The van der Waals surface area contributed by atoms with E-state index in [1.54, 1.807) is 18.2 Å². The van der Waals surface area contributed by atoms with E-state index < -0.39 is 12.1 Å². The number of benzene rings is 2. The molecule has 0 atom stereocenters. The summed E-state index contributed by atoms with van der Waals surface area (Å²) < 4.78 is 37.0. The van der Waals surface area contributed by atoms with Gasteiger partial charge in [-0.2, -0.15) is 18.3 Å². The van der Waals surface area contributed by atoms with Gasteiger partial charge in [0.15, 0.2) is 0 Å². The van der Waals surface area contributed by atoms with Crippen LogP contribution < -0.4 is 10.1 Å². The van der Waals surface area contributed by atoms with Gasteiger partial charge >= 0.3 is 18.2 Å². The number of anilines is 1. The topological polar surface area (TPSA) is 108 Å². The number of aromatic nitrogens is 2. The zero-order chi connectivity index (χ0) is 25.3. The molecule has 3 rings (SSSR count). The zero-order valence-electron chi connectivity index (χ0n) is 18.8. The van der Waals surface area contributed by atoms with Gasteiger partial charge in [0.05, 0.1) is 13.3 Å². The summed E-state index contributed by atoms with van der Waals surface area (Å²) in [4.78, 5) is 23.5. The molecule has 0 radical (unpaired) electrons. The summed E-state index contributed by atoms with van der Waals surface area (Å²) >= 11 is 0. The van der Waals surface area contributed by atoms with Crippen molar-refractivity contribution >= 4 is 17.7 Å². The smallest absolute Gasteiger partial charge is 0.490 e. The largest absolute Gasteiger partial charge is 0.497 e. The Kier molecular flexibility index (Phi) is 9.05. The van der Waals surface area contributed by atoms with E-state index in [1.165, 1.54) is 0 Å². The number of carbonyl (C=O) groups excluding carboxylic acids is 1. The first kappa shape index (κ1) is 26.2. The van der Waals surface area contributed by atoms with Crippen LogP contribution in [0.5, 0.6) is 5.75 Å². The fourth-order valence-electron chi connectivity index (χ4n) is 2.81. The molecule has 2 amide bonds. The number of alkyl halides is 3. The summed E-state index contributed by atoms with van der Waals surface area (Å²) in [7, 11) is 1.64. The van der Waals surface area contributed by atoms with Crippen molar-refractivity contribution in [3.63, 3.8) is 0 Å². The first-order valence-electron chi connectivity index (χ1n) is 10.1. The molecule has 1 heterocycles. The lowest BCUT2D eigenvalue weighted by Gasteiger charge is -2.27. The fourth-order valence-corrected chi connectivity index (χ4v) is 2.81. The molecule has 3 N–H and O–H groups in total. The van der Waals surface area contributed by atoms with Gasteiger partial charge in [0.1, 0.15) is 5.75 Å². The SMILES string of the molecule is COc1cccc(CN(C(=O)Nc2ccc(-c3cn[nH]c3)cc2)C(C)C)c1.O=C(O)C(F)(F)F. The molecule has 0 aliphatic rings. The Labute approximate surface area is 194 Å². The standard InChI is InChI=1S/C21H24N4O2.C2HF3O2/c1-15(2)25(14-16-5-4-6-20(11-16)27-3)21(26)24-19-9-7-17(8-10-19)18-12-22-23-13-18;3-2(4,5)1(6)7/h4-13,15H,14H2,1-3H3,(H,22,23)(H,24,26);(H,6,7). The monoisotopic (exact) mass is 478 g/mol. The summed E-state index contributed by atoms with van der Waals surface area (Å²) in [5.74, 6) is -1.97. The van der Waals surface area contributed by atoms with Gasteiger partial charge in [0, 0.05) is 30.0 Å². The van der Waals surface area contributed by atoms with Crippen LogP contribution in [-0.4, -0.2) is 51.5 Å². The van der Waals surface area contributed by atoms with E-state index in [0.717, 1.165) is 28.1 Å². The lowest BCUT2D eigenvalue weighted by atomic mass is 10.1. The number of H-pyrrole nitrogens is 1. The van der Waals surface area contributed by atoms with Gasteiger partial charge in [-0.15, -0.1) is 0 Å². The summed E-state index contributed by atoms with van der Waals surface area (Å²) in [6.45, 7) is 4.51. The second-order valence-electron chi connectivity index (χ2n) is 7.37. The molecule has 0 spiro atoms. The molecule has 0 saturated heterocycles. The van der Waals surface area contributed by atoms with Crippen molar-refractivity contribution in [2.75, 3.05) is 12.4 Å². The second kappa shape index (κ2) is 11.7. The Bertz CT molecular complexity index is 1070. The maximum Gasteiger partial charge on any atom is 0.490 e. The van der Waals surface area contributed by atoms with Crippen LogP contribution in [0.2, 0.25) is 0 Å². The number of aromatic amines is 1. The predicted molar refractivity (Wildman–Crippen MR) is 120 cm³/mol. The average molecular weight is 478 g/mol. The summed E-state index contributed by atoms with van der Waals surface area (Å²) in [6, 6.07) is 15.4. The van der Waals surface area contributed by atoms with E-state index in [-0.39, 0.29) is 12.1 Å². The van der Waals surface area contributed by atoms with Gasteiger partial charge in [-0.3, -0.25) is 5.10 Å². The molecular formula is C23H25F3N4O4. The molecule has 0 aliphatic heterocycles. The van der Waals surface area contributed by atoms with Crippen LogP contribution in [0.3, 0.4) is 0 Å². The summed E-state index contributed by atoms with van der Waals surface area (Å²) in [6.07, 6.45) is -1.48. The van der Waals surface area contributed by atoms with Crippen LogP contribution in [0, 0.1) is 0 Å². The van der Waals surface area contributed by atoms with Crippen molar-refractivity contribution in [3.8, 4) is 16.9 Å². The van der Waals surface area contributed by atoms with Crippen molar-refractivity contribution in [2.45, 2.75) is 32.6 Å². The number of hydrogen-bond acceptors (Lipinski definition) is 4. The predicted octanol–water partition coefficient (Wildman–Crippen LogP) is 5.16. The van der Waals surface area contributed by atoms with Crippen molar-refractivity contribution in [1.29, 1.82) is 0 Å². The number of nitrogens with one attached hydrogen (secondary N) is 2. The summed E-state index contributed by atoms with van der Waals surface area (Å²) in [5.41, 5.74) is 3.82. The normalized spacial score (nSPS) is 10.8. The quantitative estimate of drug-likeness (QED) is 0.454. The van der Waals surface area contributed by atoms with Gasteiger partial charge in [0.2, 0.25) is 0 Å². The molecule has 0 fully saturated rings. The third-order valence-electron chi connectivity index (χ3n) is 4.58. The highest BCUT2D eigenvalue weighted by molar-refractivity contribution is 5.89. The van der Waals surface area contributed by atoms with Crippen molar-refractivity contribution in [3.05, 3.63) is 66.5 Å². The number of nitrogens with zero attached hydrogens (tertiary/aromatic N) is 2. The maximum atomic E-state index is 12.8. The molecule has 1 aromatic heterocycles. The minimum atomic E-state index is -5.08. The number of halogens is 3. The second-order valence-corrected chi connectivity index (χ2v) is 7.37. The van der Waals surface area contributed by atoms with Crippen LogP contribution >= 0.6 is 0 Å². The molecular weight excluding hydrogens is 453 g/mol.